The molecule has 0 unspecified atom stereocenters. The van der Waals surface area contributed by atoms with Crippen molar-refractivity contribution in [3.63, 3.8) is 0 Å². The van der Waals surface area contributed by atoms with Crippen molar-refractivity contribution in [1.82, 2.24) is 15.1 Å². The molecule has 1 aliphatic heterocycles. The number of rotatable bonds is 5. The average Bonchev–Trinajstić information content (AvgIpc) is 2.42. The minimum Gasteiger partial charge on any atom is -0.346 e. The number of piperazine rings is 1. The summed E-state index contributed by atoms with van der Waals surface area (Å²) in [5.74, 6) is -0.754. The van der Waals surface area contributed by atoms with Gasteiger partial charge in [-0.25, -0.2) is 0 Å². The van der Waals surface area contributed by atoms with Crippen molar-refractivity contribution < 1.29 is 22.8 Å². The lowest BCUT2D eigenvalue weighted by Crippen LogP contribution is -2.54. The molecule has 144 valence electrons. The number of halogens is 5. The molecule has 1 saturated heterocycles. The third kappa shape index (κ3) is 8.91. The highest BCUT2D eigenvalue weighted by atomic mass is 35.5. The van der Waals surface area contributed by atoms with Gasteiger partial charge in [-0.3, -0.25) is 14.5 Å². The van der Waals surface area contributed by atoms with Crippen LogP contribution in [0.5, 0.6) is 0 Å². The van der Waals surface area contributed by atoms with E-state index in [-0.39, 0.29) is 69.4 Å². The molecule has 1 atom stereocenters. The van der Waals surface area contributed by atoms with E-state index in [9.17, 15) is 22.8 Å². The van der Waals surface area contributed by atoms with Gasteiger partial charge in [-0.2, -0.15) is 13.2 Å². The van der Waals surface area contributed by atoms with Crippen LogP contribution in [0.3, 0.4) is 0 Å². The van der Waals surface area contributed by atoms with Crippen LogP contribution in [0.1, 0.15) is 13.8 Å². The van der Waals surface area contributed by atoms with Crippen LogP contribution in [0, 0.1) is 5.92 Å². The first-order valence-electron chi connectivity index (χ1n) is 7.20. The first kappa shape index (κ1) is 25.5. The van der Waals surface area contributed by atoms with E-state index in [1.165, 1.54) is 9.80 Å². The van der Waals surface area contributed by atoms with E-state index >= 15 is 0 Å². The molecule has 0 saturated carbocycles. The van der Waals surface area contributed by atoms with Crippen molar-refractivity contribution in [2.75, 3.05) is 39.3 Å². The summed E-state index contributed by atoms with van der Waals surface area (Å²) >= 11 is 0. The maximum atomic E-state index is 12.3. The van der Waals surface area contributed by atoms with Crippen molar-refractivity contribution in [1.29, 1.82) is 0 Å². The number of carbonyl (C=O) groups excluding carboxylic acids is 2. The van der Waals surface area contributed by atoms with Gasteiger partial charge in [0.15, 0.2) is 0 Å². The zero-order valence-corrected chi connectivity index (χ0v) is 15.3. The van der Waals surface area contributed by atoms with E-state index in [0.29, 0.717) is 0 Å². The van der Waals surface area contributed by atoms with Crippen LogP contribution in [0.25, 0.3) is 0 Å². The zero-order valence-electron chi connectivity index (χ0n) is 13.6. The van der Waals surface area contributed by atoms with Crippen molar-refractivity contribution in [3.8, 4) is 0 Å². The van der Waals surface area contributed by atoms with Crippen LogP contribution in [-0.2, 0) is 9.59 Å². The summed E-state index contributed by atoms with van der Waals surface area (Å²) < 4.78 is 36.8. The molecule has 6 nitrogen and oxygen atoms in total. The highest BCUT2D eigenvalue weighted by molar-refractivity contribution is 5.87. The van der Waals surface area contributed by atoms with Gasteiger partial charge in [0.25, 0.3) is 0 Å². The summed E-state index contributed by atoms with van der Waals surface area (Å²) in [6.45, 7) is 3.24. The molecule has 1 aliphatic rings. The summed E-state index contributed by atoms with van der Waals surface area (Å²) in [6, 6.07) is -0.684. The maximum Gasteiger partial charge on any atom is 0.401 e. The Balaban J connectivity index is 0. The average molecular weight is 397 g/mol. The number of alkyl halides is 3. The fraction of sp³-hybridized carbons (Fsp3) is 0.846. The molecule has 1 heterocycles. The minimum absolute atomic E-state index is 0. The van der Waals surface area contributed by atoms with E-state index in [1.807, 2.05) is 0 Å². The summed E-state index contributed by atoms with van der Waals surface area (Å²) in [5.41, 5.74) is 5.65. The second kappa shape index (κ2) is 11.0. The molecule has 0 spiro atoms. The van der Waals surface area contributed by atoms with Crippen LogP contribution in [0.2, 0.25) is 0 Å². The molecule has 0 aromatic heterocycles. The SMILES string of the molecule is CC(C)[C@H](N)C(=O)NCC(=O)N1CCN(CC(F)(F)F)CC1.Cl.Cl. The molecule has 0 radical (unpaired) electrons. The predicted molar refractivity (Wildman–Crippen MR) is 89.4 cm³/mol. The Morgan fingerprint density at radius 2 is 1.62 bits per heavy atom. The van der Waals surface area contributed by atoms with E-state index < -0.39 is 24.7 Å². The van der Waals surface area contributed by atoms with E-state index in [1.54, 1.807) is 13.8 Å². The Kier molecular flexibility index (Phi) is 11.6. The summed E-state index contributed by atoms with van der Waals surface area (Å²) in [4.78, 5) is 26.3. The van der Waals surface area contributed by atoms with Gasteiger partial charge >= 0.3 is 6.18 Å². The molecule has 0 aliphatic carbocycles. The number of hydrogen-bond donors (Lipinski definition) is 2. The van der Waals surface area contributed by atoms with Gasteiger partial charge in [0, 0.05) is 26.2 Å². The number of nitrogens with two attached hydrogens (primary N) is 1. The van der Waals surface area contributed by atoms with Crippen molar-refractivity contribution in [2.24, 2.45) is 11.7 Å². The molecule has 1 rings (SSSR count). The third-order valence-corrected chi connectivity index (χ3v) is 3.56. The zero-order chi connectivity index (χ0) is 16.9. The highest BCUT2D eigenvalue weighted by Gasteiger charge is 2.32. The topological polar surface area (TPSA) is 78.7 Å². The van der Waals surface area contributed by atoms with Gasteiger partial charge in [0.1, 0.15) is 0 Å². The van der Waals surface area contributed by atoms with Gasteiger partial charge in [-0.1, -0.05) is 13.8 Å². The molecule has 3 N–H and O–H groups in total. The molecule has 1 fully saturated rings. The first-order valence-corrected chi connectivity index (χ1v) is 7.20. The molecule has 0 aromatic rings. The van der Waals surface area contributed by atoms with E-state index in [4.69, 9.17) is 5.73 Å². The number of carbonyl (C=O) groups is 2. The Morgan fingerprint density at radius 1 is 1.12 bits per heavy atom. The lowest BCUT2D eigenvalue weighted by atomic mass is 10.1. The van der Waals surface area contributed by atoms with Crippen molar-refractivity contribution >= 4 is 36.6 Å². The Labute approximate surface area is 152 Å². The Bertz CT molecular complexity index is 403. The lowest BCUT2D eigenvalue weighted by molar-refractivity contribution is -0.151. The monoisotopic (exact) mass is 396 g/mol. The molecular formula is C13H25Cl2F3N4O2. The van der Waals surface area contributed by atoms with E-state index in [2.05, 4.69) is 5.32 Å². The Morgan fingerprint density at radius 3 is 2.04 bits per heavy atom. The quantitative estimate of drug-likeness (QED) is 0.714. The van der Waals surface area contributed by atoms with Crippen molar-refractivity contribution in [3.05, 3.63) is 0 Å². The number of hydrogen-bond acceptors (Lipinski definition) is 4. The molecule has 0 aromatic carbocycles. The van der Waals surface area contributed by atoms with Gasteiger partial charge in [0.05, 0.1) is 19.1 Å². The van der Waals surface area contributed by atoms with Crippen molar-refractivity contribution in [2.45, 2.75) is 26.1 Å². The second-order valence-corrected chi connectivity index (χ2v) is 5.76. The molecule has 11 heteroatoms. The predicted octanol–water partition coefficient (Wildman–Crippen LogP) is 0.636. The fourth-order valence-electron chi connectivity index (χ4n) is 2.10. The van der Waals surface area contributed by atoms with Crippen LogP contribution in [-0.4, -0.2) is 73.1 Å². The molecule has 24 heavy (non-hydrogen) atoms. The number of amides is 2. The smallest absolute Gasteiger partial charge is 0.346 e. The van der Waals surface area contributed by atoms with Gasteiger partial charge in [-0.15, -0.1) is 24.8 Å². The third-order valence-electron chi connectivity index (χ3n) is 3.56. The van der Waals surface area contributed by atoms with Gasteiger partial charge in [-0.05, 0) is 5.92 Å². The standard InChI is InChI=1S/C13H23F3N4O2.2ClH/c1-9(2)11(17)12(22)18-7-10(21)20-5-3-19(4-6-20)8-13(14,15)16;;/h9,11H,3-8,17H2,1-2H3,(H,18,22);2*1H/t11-;;/m0../s1. The summed E-state index contributed by atoms with van der Waals surface area (Å²) in [7, 11) is 0. The molecular weight excluding hydrogens is 372 g/mol. The van der Waals surface area contributed by atoms with E-state index in [0.717, 1.165) is 0 Å². The maximum absolute atomic E-state index is 12.3. The molecule has 0 bridgehead atoms. The normalized spacial score (nSPS) is 16.9. The highest BCUT2D eigenvalue weighted by Crippen LogP contribution is 2.17. The van der Waals surface area contributed by atoms with Crippen LogP contribution in [0.4, 0.5) is 13.2 Å². The summed E-state index contributed by atoms with van der Waals surface area (Å²) in [5, 5.41) is 2.46. The largest absolute Gasteiger partial charge is 0.401 e. The first-order chi connectivity index (χ1) is 10.1. The summed E-state index contributed by atoms with van der Waals surface area (Å²) in [6.07, 6.45) is -4.23. The number of nitrogens with zero attached hydrogens (tertiary/aromatic N) is 2. The fourth-order valence-corrected chi connectivity index (χ4v) is 2.10. The van der Waals surface area contributed by atoms with Crippen LogP contribution in [0.15, 0.2) is 0 Å². The minimum atomic E-state index is -4.23. The lowest BCUT2D eigenvalue weighted by Gasteiger charge is -2.35. The Hall–Kier alpha value is -0.770. The van der Waals surface area contributed by atoms with Crippen LogP contribution >= 0.6 is 24.8 Å². The van der Waals surface area contributed by atoms with Crippen LogP contribution < -0.4 is 11.1 Å². The number of nitrogens with one attached hydrogen (secondary N) is 1. The van der Waals surface area contributed by atoms with Gasteiger partial charge < -0.3 is 16.0 Å². The van der Waals surface area contributed by atoms with Gasteiger partial charge in [0.2, 0.25) is 11.8 Å². The second-order valence-electron chi connectivity index (χ2n) is 5.76. The molecule has 2 amide bonds.